The Labute approximate surface area is 220 Å². The summed E-state index contributed by atoms with van der Waals surface area (Å²) in [4.78, 5) is 40.4. The zero-order valence-electron chi connectivity index (χ0n) is 20.3. The van der Waals surface area contributed by atoms with E-state index in [0.717, 1.165) is 17.8 Å². The molecule has 2 aromatic rings. The highest BCUT2D eigenvalue weighted by Crippen LogP contribution is 2.25. The number of benzene rings is 1. The van der Waals surface area contributed by atoms with E-state index in [1.54, 1.807) is 13.0 Å². The zero-order valence-corrected chi connectivity index (χ0v) is 22.0. The number of amides is 2. The minimum atomic E-state index is -4.52. The third kappa shape index (κ3) is 12.2. The second-order valence-electron chi connectivity index (χ2n) is 7.70. The molecule has 2 unspecified atom stereocenters. The van der Waals surface area contributed by atoms with E-state index in [1.807, 2.05) is 6.92 Å². The van der Waals surface area contributed by atoms with Crippen LogP contribution in [0.2, 0.25) is 0 Å². The maximum Gasteiger partial charge on any atom is 0.389 e. The van der Waals surface area contributed by atoms with Gasteiger partial charge in [-0.25, -0.2) is 9.37 Å². The summed E-state index contributed by atoms with van der Waals surface area (Å²) in [6.07, 6.45) is -4.53. The van der Waals surface area contributed by atoms with E-state index >= 15 is 0 Å². The Hall–Kier alpha value is -2.97. The average molecular weight is 565 g/mol. The van der Waals surface area contributed by atoms with E-state index in [4.69, 9.17) is 17.3 Å². The lowest BCUT2D eigenvalue weighted by molar-refractivity contribution is -0.139. The number of aliphatic hydroxyl groups is 1. The van der Waals surface area contributed by atoms with Crippen molar-refractivity contribution in [2.24, 2.45) is 0 Å². The van der Waals surface area contributed by atoms with E-state index in [2.05, 4.69) is 20.9 Å². The van der Waals surface area contributed by atoms with Crippen molar-refractivity contribution in [3.63, 3.8) is 0 Å². The summed E-state index contributed by atoms with van der Waals surface area (Å²) >= 11 is 5.71. The molecule has 0 spiro atoms. The highest BCUT2D eigenvalue weighted by molar-refractivity contribution is 7.82. The molecule has 1 aromatic heterocycles. The smallest absolute Gasteiger partial charge is 0.389 e. The van der Waals surface area contributed by atoms with Gasteiger partial charge in [-0.15, -0.1) is 11.3 Å². The number of carbonyl (C=O) groups excluding carboxylic acids is 3. The molecule has 0 radical (unpaired) electrons. The summed E-state index contributed by atoms with van der Waals surface area (Å²) in [6, 6.07) is 4.13. The Morgan fingerprint density at radius 1 is 1.24 bits per heavy atom. The fourth-order valence-corrected chi connectivity index (χ4v) is 3.46. The monoisotopic (exact) mass is 564 g/mol. The number of rotatable bonds is 10. The van der Waals surface area contributed by atoms with Gasteiger partial charge in [-0.2, -0.15) is 13.2 Å². The number of likely N-dealkylation sites (N-methyl/N-ethyl adjacent to an activating group) is 1. The van der Waals surface area contributed by atoms with Gasteiger partial charge in [0, 0.05) is 19.0 Å². The molecule has 204 valence electrons. The first-order valence-electron chi connectivity index (χ1n) is 11.1. The minimum absolute atomic E-state index is 0.116. The highest BCUT2D eigenvalue weighted by atomic mass is 32.1. The van der Waals surface area contributed by atoms with Crippen LogP contribution in [-0.2, 0) is 9.59 Å². The third-order valence-electron chi connectivity index (χ3n) is 4.62. The number of hydrogen-bond acceptors (Lipinski definition) is 7. The van der Waals surface area contributed by atoms with E-state index < -0.39 is 55.0 Å². The first kappa shape index (κ1) is 32.1. The molecular formula is C23H28F4N4O4S2. The fraction of sp³-hybridized carbons (Fsp3) is 0.435. The molecule has 0 aliphatic heterocycles. The van der Waals surface area contributed by atoms with Gasteiger partial charge >= 0.3 is 6.18 Å². The molecule has 2 amide bonds. The quantitative estimate of drug-likeness (QED) is 0.258. The normalized spacial score (nSPS) is 12.4. The molecule has 0 saturated carbocycles. The van der Waals surface area contributed by atoms with Crippen LogP contribution < -0.4 is 16.0 Å². The van der Waals surface area contributed by atoms with Crippen molar-refractivity contribution < 1.29 is 37.1 Å². The Bertz CT molecular complexity index is 1080. The van der Waals surface area contributed by atoms with Crippen LogP contribution in [0.25, 0.3) is 10.6 Å². The topological polar surface area (TPSA) is 120 Å². The van der Waals surface area contributed by atoms with Gasteiger partial charge < -0.3 is 21.1 Å². The Balaban J connectivity index is 0.00000124. The van der Waals surface area contributed by atoms with Crippen molar-refractivity contribution in [1.29, 1.82) is 0 Å². The summed E-state index contributed by atoms with van der Waals surface area (Å²) in [5.74, 6) is -2.86. The minimum Gasteiger partial charge on any atom is -0.393 e. The van der Waals surface area contributed by atoms with Crippen LogP contribution in [0, 0.1) is 5.82 Å². The SMILES string of the molecule is CCC(C)O.CNC(=S)C(=O)C(CCC(F)(F)F)NC(=O)CNC(=O)c1cnc(-c2cccc(F)c2)s1. The number of nitrogens with zero attached hydrogens (tertiary/aromatic N) is 1. The van der Waals surface area contributed by atoms with Gasteiger partial charge in [0.1, 0.15) is 20.7 Å². The Morgan fingerprint density at radius 2 is 1.89 bits per heavy atom. The maximum absolute atomic E-state index is 13.3. The van der Waals surface area contributed by atoms with Gasteiger partial charge in [0.2, 0.25) is 11.7 Å². The summed E-state index contributed by atoms with van der Waals surface area (Å²) in [6.45, 7) is 3.14. The summed E-state index contributed by atoms with van der Waals surface area (Å²) in [7, 11) is 1.33. The number of alkyl halides is 3. The molecule has 0 aliphatic rings. The predicted molar refractivity (Wildman–Crippen MR) is 136 cm³/mol. The molecule has 1 aromatic carbocycles. The average Bonchev–Trinajstić information content (AvgIpc) is 3.34. The lowest BCUT2D eigenvalue weighted by Crippen LogP contribution is -2.49. The number of aromatic nitrogens is 1. The second kappa shape index (κ2) is 15.3. The van der Waals surface area contributed by atoms with Crippen molar-refractivity contribution in [2.45, 2.75) is 51.4 Å². The second-order valence-corrected chi connectivity index (χ2v) is 9.14. The summed E-state index contributed by atoms with van der Waals surface area (Å²) in [5, 5.41) is 15.6. The van der Waals surface area contributed by atoms with Crippen LogP contribution in [-0.4, -0.2) is 64.6 Å². The van der Waals surface area contributed by atoms with Gasteiger partial charge in [0.05, 0.1) is 24.9 Å². The van der Waals surface area contributed by atoms with Crippen LogP contribution in [0.15, 0.2) is 30.5 Å². The third-order valence-corrected chi connectivity index (χ3v) is 6.07. The molecule has 14 heteroatoms. The molecule has 0 saturated heterocycles. The number of hydrogen-bond donors (Lipinski definition) is 4. The number of nitrogens with one attached hydrogen (secondary N) is 3. The molecule has 2 rings (SSSR count). The van der Waals surface area contributed by atoms with Crippen molar-refractivity contribution in [1.82, 2.24) is 20.9 Å². The first-order valence-corrected chi connectivity index (χ1v) is 12.3. The van der Waals surface area contributed by atoms with Crippen molar-refractivity contribution >= 4 is 46.1 Å². The maximum atomic E-state index is 13.3. The fourth-order valence-electron chi connectivity index (χ4n) is 2.49. The molecule has 0 aliphatic carbocycles. The number of thiazole rings is 1. The van der Waals surface area contributed by atoms with Gasteiger partial charge in [0.15, 0.2) is 0 Å². The molecule has 0 fully saturated rings. The molecule has 0 bridgehead atoms. The molecule has 37 heavy (non-hydrogen) atoms. The lowest BCUT2D eigenvalue weighted by Gasteiger charge is -2.19. The lowest BCUT2D eigenvalue weighted by atomic mass is 10.1. The van der Waals surface area contributed by atoms with Crippen LogP contribution in [0.1, 0.15) is 42.8 Å². The Morgan fingerprint density at radius 3 is 2.43 bits per heavy atom. The number of halogens is 4. The first-order chi connectivity index (χ1) is 17.3. The van der Waals surface area contributed by atoms with Crippen molar-refractivity contribution in [2.75, 3.05) is 13.6 Å². The van der Waals surface area contributed by atoms with E-state index in [1.165, 1.54) is 31.4 Å². The van der Waals surface area contributed by atoms with Gasteiger partial charge in [-0.05, 0) is 31.9 Å². The Kier molecular flexibility index (Phi) is 13.3. The summed E-state index contributed by atoms with van der Waals surface area (Å²) < 4.78 is 50.9. The summed E-state index contributed by atoms with van der Waals surface area (Å²) in [5.41, 5.74) is 0.471. The van der Waals surface area contributed by atoms with Crippen molar-refractivity contribution in [3.8, 4) is 10.6 Å². The largest absolute Gasteiger partial charge is 0.393 e. The number of Topliss-reactive ketones (excluding diaryl/α,β-unsaturated/α-hetero) is 1. The van der Waals surface area contributed by atoms with Crippen LogP contribution in [0.3, 0.4) is 0 Å². The van der Waals surface area contributed by atoms with Crippen molar-refractivity contribution in [3.05, 3.63) is 41.2 Å². The molecule has 2 atom stereocenters. The number of ketones is 1. The molecular weight excluding hydrogens is 536 g/mol. The molecule has 8 nitrogen and oxygen atoms in total. The molecule has 4 N–H and O–H groups in total. The van der Waals surface area contributed by atoms with Crippen LogP contribution >= 0.6 is 23.6 Å². The standard InChI is InChI=1S/C19H18F4N4O3S2.C4H10O/c1-24-17(31)15(29)12(5-6-19(21,22)23)27-14(28)9-25-16(30)13-8-26-18(32-13)10-3-2-4-11(20)7-10;1-3-4(2)5/h2-4,7-8,12H,5-6,9H2,1H3,(H,24,31)(H,25,30)(H,27,28);4-5H,3H2,1-2H3. The number of thiocarbonyl (C=S) groups is 1. The van der Waals surface area contributed by atoms with Gasteiger partial charge in [-0.1, -0.05) is 31.3 Å². The van der Waals surface area contributed by atoms with E-state index in [9.17, 15) is 31.9 Å². The van der Waals surface area contributed by atoms with Gasteiger partial charge in [-0.3, -0.25) is 14.4 Å². The zero-order chi connectivity index (χ0) is 28.2. The number of carbonyl (C=O) groups is 3. The van der Waals surface area contributed by atoms with Gasteiger partial charge in [0.25, 0.3) is 5.91 Å². The van der Waals surface area contributed by atoms with E-state index in [-0.39, 0.29) is 16.0 Å². The van der Waals surface area contributed by atoms with Crippen LogP contribution in [0.5, 0.6) is 0 Å². The predicted octanol–water partition coefficient (Wildman–Crippen LogP) is 3.40. The molecule has 1 heterocycles. The highest BCUT2D eigenvalue weighted by Gasteiger charge is 2.32. The number of aliphatic hydroxyl groups excluding tert-OH is 1. The van der Waals surface area contributed by atoms with E-state index in [0.29, 0.717) is 10.6 Å². The van der Waals surface area contributed by atoms with Crippen LogP contribution in [0.4, 0.5) is 17.6 Å².